The number of carbonyl (C=O) groups is 1. The maximum Gasteiger partial charge on any atom is 0.352 e. The fraction of sp³-hybridized carbons (Fsp3) is 0.250. The molecule has 1 aromatic carbocycles. The van der Waals surface area contributed by atoms with E-state index in [0.717, 1.165) is 9.86 Å². The molecule has 0 saturated carbocycles. The molecule has 18 heavy (non-hydrogen) atoms. The van der Waals surface area contributed by atoms with Crippen LogP contribution >= 0.6 is 15.9 Å². The van der Waals surface area contributed by atoms with E-state index in [9.17, 15) is 4.79 Å². The van der Waals surface area contributed by atoms with Gasteiger partial charge >= 0.3 is 5.97 Å². The van der Waals surface area contributed by atoms with E-state index < -0.39 is 5.97 Å². The predicted octanol–water partition coefficient (Wildman–Crippen LogP) is 3.04. The molecule has 0 unspecified atom stereocenters. The van der Waals surface area contributed by atoms with Gasteiger partial charge in [0.25, 0.3) is 0 Å². The zero-order valence-corrected chi connectivity index (χ0v) is 11.5. The Morgan fingerprint density at radius 2 is 2.22 bits per heavy atom. The van der Waals surface area contributed by atoms with Crippen LogP contribution < -0.4 is 9.47 Å². The Kier molecular flexibility index (Phi) is 3.47. The number of rotatable bonds is 4. The van der Waals surface area contributed by atoms with Gasteiger partial charge in [0.15, 0.2) is 11.5 Å². The number of halogens is 1. The summed E-state index contributed by atoms with van der Waals surface area (Å²) in [7, 11) is 1.52. The summed E-state index contributed by atoms with van der Waals surface area (Å²) in [5, 5.41) is 9.74. The molecule has 2 N–H and O–H groups in total. The van der Waals surface area contributed by atoms with Gasteiger partial charge in [-0.25, -0.2) is 4.79 Å². The summed E-state index contributed by atoms with van der Waals surface area (Å²) in [4.78, 5) is 13.8. The van der Waals surface area contributed by atoms with Gasteiger partial charge < -0.3 is 19.6 Å². The van der Waals surface area contributed by atoms with Crippen LogP contribution in [-0.2, 0) is 0 Å². The topological polar surface area (TPSA) is 71.5 Å². The molecule has 0 fully saturated rings. The third kappa shape index (κ3) is 2.03. The zero-order valence-electron chi connectivity index (χ0n) is 9.91. The van der Waals surface area contributed by atoms with E-state index in [1.165, 1.54) is 7.11 Å². The Labute approximate surface area is 112 Å². The van der Waals surface area contributed by atoms with Crippen molar-refractivity contribution in [1.82, 2.24) is 4.98 Å². The number of benzene rings is 1. The number of aromatic nitrogens is 1. The van der Waals surface area contributed by atoms with Crippen LogP contribution in [0.15, 0.2) is 16.6 Å². The van der Waals surface area contributed by atoms with Crippen molar-refractivity contribution in [2.75, 3.05) is 13.7 Å². The van der Waals surface area contributed by atoms with Crippen LogP contribution in [-0.4, -0.2) is 29.8 Å². The van der Waals surface area contributed by atoms with Crippen LogP contribution in [0.3, 0.4) is 0 Å². The Hall–Kier alpha value is -1.69. The molecule has 2 rings (SSSR count). The molecule has 0 aliphatic carbocycles. The van der Waals surface area contributed by atoms with Gasteiger partial charge in [0.2, 0.25) is 0 Å². The molecule has 1 heterocycles. The molecule has 0 aliphatic rings. The Bertz CT molecular complexity index is 606. The number of hydrogen-bond acceptors (Lipinski definition) is 3. The molecule has 1 aromatic heterocycles. The Morgan fingerprint density at radius 1 is 1.50 bits per heavy atom. The van der Waals surface area contributed by atoms with Gasteiger partial charge in [-0.05, 0) is 35.0 Å². The maximum atomic E-state index is 11.0. The monoisotopic (exact) mass is 313 g/mol. The standard InChI is InChI=1S/C12H12BrNO4/c1-3-18-9-5-7(13)6-4-8(12(15)16)14-10(6)11(9)17-2/h4-5,14H,3H2,1-2H3,(H,15,16). The van der Waals surface area contributed by atoms with Crippen LogP contribution in [0.2, 0.25) is 0 Å². The molecule has 2 aromatic rings. The van der Waals surface area contributed by atoms with E-state index in [-0.39, 0.29) is 5.69 Å². The van der Waals surface area contributed by atoms with Gasteiger partial charge in [-0.2, -0.15) is 0 Å². The lowest BCUT2D eigenvalue weighted by molar-refractivity contribution is 0.0691. The van der Waals surface area contributed by atoms with E-state index in [1.807, 2.05) is 6.92 Å². The highest BCUT2D eigenvalue weighted by Gasteiger charge is 2.17. The highest BCUT2D eigenvalue weighted by Crippen LogP contribution is 2.40. The van der Waals surface area contributed by atoms with Gasteiger partial charge in [-0.15, -0.1) is 0 Å². The maximum absolute atomic E-state index is 11.0. The summed E-state index contributed by atoms with van der Waals surface area (Å²) in [6, 6.07) is 3.32. The number of ether oxygens (including phenoxy) is 2. The summed E-state index contributed by atoms with van der Waals surface area (Å²) in [5.41, 5.74) is 0.713. The molecular formula is C12H12BrNO4. The molecule has 6 heteroatoms. The van der Waals surface area contributed by atoms with E-state index in [0.29, 0.717) is 23.6 Å². The van der Waals surface area contributed by atoms with E-state index in [2.05, 4.69) is 20.9 Å². The number of nitrogens with one attached hydrogen (secondary N) is 1. The second-order valence-corrected chi connectivity index (χ2v) is 4.45. The molecule has 0 saturated heterocycles. The van der Waals surface area contributed by atoms with Gasteiger partial charge in [0.05, 0.1) is 19.2 Å². The Balaban J connectivity index is 2.73. The summed E-state index contributed by atoms with van der Waals surface area (Å²) >= 11 is 3.40. The normalized spacial score (nSPS) is 10.6. The zero-order chi connectivity index (χ0) is 13.3. The number of methoxy groups -OCH3 is 1. The molecule has 0 spiro atoms. The molecule has 0 bridgehead atoms. The molecule has 0 aliphatic heterocycles. The van der Waals surface area contributed by atoms with Gasteiger partial charge in [-0.3, -0.25) is 0 Å². The van der Waals surface area contributed by atoms with E-state index in [1.54, 1.807) is 12.1 Å². The second-order valence-electron chi connectivity index (χ2n) is 3.60. The van der Waals surface area contributed by atoms with Crippen molar-refractivity contribution in [2.45, 2.75) is 6.92 Å². The summed E-state index contributed by atoms with van der Waals surface area (Å²) < 4.78 is 11.5. The summed E-state index contributed by atoms with van der Waals surface area (Å²) in [5.74, 6) is 0.0545. The van der Waals surface area contributed by atoms with Crippen LogP contribution in [0.1, 0.15) is 17.4 Å². The minimum absolute atomic E-state index is 0.109. The van der Waals surface area contributed by atoms with E-state index >= 15 is 0 Å². The average Bonchev–Trinajstić information content (AvgIpc) is 2.75. The Morgan fingerprint density at radius 3 is 2.78 bits per heavy atom. The first-order chi connectivity index (χ1) is 8.58. The molecule has 5 nitrogen and oxygen atoms in total. The SMILES string of the molecule is CCOc1cc(Br)c2cc(C(=O)O)[nH]c2c1OC. The second kappa shape index (κ2) is 4.89. The number of aromatic amines is 1. The van der Waals surface area contributed by atoms with Crippen molar-refractivity contribution < 1.29 is 19.4 Å². The number of hydrogen-bond donors (Lipinski definition) is 2. The third-order valence-electron chi connectivity index (χ3n) is 2.52. The fourth-order valence-corrected chi connectivity index (χ4v) is 2.30. The van der Waals surface area contributed by atoms with Crippen LogP contribution in [0.4, 0.5) is 0 Å². The molecule has 96 valence electrons. The lowest BCUT2D eigenvalue weighted by atomic mass is 10.2. The van der Waals surface area contributed by atoms with Crippen molar-refractivity contribution >= 4 is 32.8 Å². The largest absolute Gasteiger partial charge is 0.491 e. The van der Waals surface area contributed by atoms with Crippen molar-refractivity contribution in [3.63, 3.8) is 0 Å². The fourth-order valence-electron chi connectivity index (χ4n) is 1.78. The number of fused-ring (bicyclic) bond motifs is 1. The molecular weight excluding hydrogens is 302 g/mol. The number of carboxylic acids is 1. The summed E-state index contributed by atoms with van der Waals surface area (Å²) in [6.45, 7) is 2.37. The van der Waals surface area contributed by atoms with Crippen LogP contribution in [0.25, 0.3) is 10.9 Å². The molecule has 0 atom stereocenters. The summed E-state index contributed by atoms with van der Waals surface area (Å²) in [6.07, 6.45) is 0. The number of H-pyrrole nitrogens is 1. The predicted molar refractivity (Wildman–Crippen MR) is 70.7 cm³/mol. The lowest BCUT2D eigenvalue weighted by Gasteiger charge is -2.11. The number of aromatic carboxylic acids is 1. The minimum atomic E-state index is -1.02. The third-order valence-corrected chi connectivity index (χ3v) is 3.17. The first kappa shape index (κ1) is 12.8. The first-order valence-corrected chi connectivity index (χ1v) is 6.13. The van der Waals surface area contributed by atoms with Crippen molar-refractivity contribution in [3.8, 4) is 11.5 Å². The van der Waals surface area contributed by atoms with Gasteiger partial charge in [0.1, 0.15) is 5.69 Å². The van der Waals surface area contributed by atoms with Gasteiger partial charge in [-0.1, -0.05) is 0 Å². The van der Waals surface area contributed by atoms with Crippen LogP contribution in [0.5, 0.6) is 11.5 Å². The molecule has 0 amide bonds. The quantitative estimate of drug-likeness (QED) is 0.910. The molecule has 0 radical (unpaired) electrons. The highest BCUT2D eigenvalue weighted by molar-refractivity contribution is 9.10. The minimum Gasteiger partial charge on any atom is -0.491 e. The van der Waals surface area contributed by atoms with Crippen LogP contribution in [0, 0.1) is 0 Å². The number of carboxylic acid groups (broad SMARTS) is 1. The van der Waals surface area contributed by atoms with E-state index in [4.69, 9.17) is 14.6 Å². The highest BCUT2D eigenvalue weighted by atomic mass is 79.9. The smallest absolute Gasteiger partial charge is 0.352 e. The van der Waals surface area contributed by atoms with Crippen molar-refractivity contribution in [3.05, 3.63) is 22.3 Å². The van der Waals surface area contributed by atoms with Crippen molar-refractivity contribution in [1.29, 1.82) is 0 Å². The van der Waals surface area contributed by atoms with Gasteiger partial charge in [0, 0.05) is 9.86 Å². The first-order valence-electron chi connectivity index (χ1n) is 5.33. The average molecular weight is 314 g/mol. The lowest BCUT2D eigenvalue weighted by Crippen LogP contribution is -1.97. The van der Waals surface area contributed by atoms with Crippen molar-refractivity contribution in [2.24, 2.45) is 0 Å².